The number of fused-ring (bicyclic) bond motifs is 1. The number of carboxylic acid groups (broad SMARTS) is 2. The first-order chi connectivity index (χ1) is 8.56. The number of carboxylic acids is 2. The summed E-state index contributed by atoms with van der Waals surface area (Å²) in [4.78, 5) is 25.1. The molecule has 0 aromatic carbocycles. The smallest absolute Gasteiger partial charge is 0.356 e. The van der Waals surface area contributed by atoms with Gasteiger partial charge in [-0.2, -0.15) is 0 Å². The fourth-order valence-corrected chi connectivity index (χ4v) is 1.73. The molecule has 0 spiro atoms. The van der Waals surface area contributed by atoms with Crippen LogP contribution in [0, 0.1) is 0 Å². The van der Waals surface area contributed by atoms with Crippen LogP contribution in [-0.2, 0) is 11.2 Å². The zero-order valence-electron chi connectivity index (χ0n) is 9.54. The molecule has 2 aromatic heterocycles. The molecule has 2 rings (SSSR count). The van der Waals surface area contributed by atoms with Crippen molar-refractivity contribution in [2.75, 3.05) is 0 Å². The Bertz CT molecular complexity index is 603. The molecular weight excluding hydrogens is 236 g/mol. The molecule has 0 aliphatic carbocycles. The summed E-state index contributed by atoms with van der Waals surface area (Å²) in [6, 6.07) is 3.55. The van der Waals surface area contributed by atoms with Crippen molar-refractivity contribution in [1.82, 2.24) is 9.38 Å². The minimum Gasteiger partial charge on any atom is -0.481 e. The number of nitrogens with zero attached hydrogens (tertiary/aromatic N) is 2. The van der Waals surface area contributed by atoms with Crippen LogP contribution in [0.2, 0.25) is 0 Å². The van der Waals surface area contributed by atoms with E-state index in [1.54, 1.807) is 16.7 Å². The Morgan fingerprint density at radius 2 is 2.00 bits per heavy atom. The first-order valence-corrected chi connectivity index (χ1v) is 5.49. The van der Waals surface area contributed by atoms with Crippen molar-refractivity contribution in [3.63, 3.8) is 0 Å². The molecule has 0 atom stereocenters. The summed E-state index contributed by atoms with van der Waals surface area (Å²) in [6.45, 7) is 0. The van der Waals surface area contributed by atoms with E-state index in [9.17, 15) is 9.59 Å². The monoisotopic (exact) mass is 248 g/mol. The lowest BCUT2D eigenvalue weighted by molar-refractivity contribution is -0.137. The topological polar surface area (TPSA) is 91.9 Å². The van der Waals surface area contributed by atoms with Crippen LogP contribution < -0.4 is 0 Å². The number of imidazole rings is 1. The number of aromatic nitrogens is 2. The number of carbonyl (C=O) groups is 2. The summed E-state index contributed by atoms with van der Waals surface area (Å²) >= 11 is 0. The van der Waals surface area contributed by atoms with Crippen LogP contribution in [0.15, 0.2) is 24.5 Å². The van der Waals surface area contributed by atoms with Crippen LogP contribution in [-0.4, -0.2) is 31.5 Å². The first kappa shape index (κ1) is 12.1. The third-order valence-corrected chi connectivity index (χ3v) is 2.59. The number of aromatic carboxylic acids is 1. The molecule has 94 valence electrons. The molecule has 6 nitrogen and oxygen atoms in total. The van der Waals surface area contributed by atoms with Crippen LogP contribution in [0.4, 0.5) is 0 Å². The first-order valence-electron chi connectivity index (χ1n) is 5.49. The van der Waals surface area contributed by atoms with Gasteiger partial charge in [0.1, 0.15) is 5.65 Å². The SMILES string of the molecule is O=C(O)CCCc1ccc2nc(C(=O)O)cn2c1. The van der Waals surface area contributed by atoms with Crippen LogP contribution in [0.3, 0.4) is 0 Å². The maximum Gasteiger partial charge on any atom is 0.356 e. The van der Waals surface area contributed by atoms with Crippen molar-refractivity contribution < 1.29 is 19.8 Å². The Balaban J connectivity index is 2.16. The lowest BCUT2D eigenvalue weighted by Gasteiger charge is -2.00. The van der Waals surface area contributed by atoms with Crippen molar-refractivity contribution >= 4 is 17.6 Å². The summed E-state index contributed by atoms with van der Waals surface area (Å²) in [6.07, 6.45) is 4.54. The molecule has 0 bridgehead atoms. The van der Waals surface area contributed by atoms with Crippen molar-refractivity contribution in [2.24, 2.45) is 0 Å². The molecule has 0 saturated heterocycles. The van der Waals surface area contributed by atoms with Crippen molar-refractivity contribution in [1.29, 1.82) is 0 Å². The third-order valence-electron chi connectivity index (χ3n) is 2.59. The maximum atomic E-state index is 10.8. The Kier molecular flexibility index (Phi) is 3.27. The highest BCUT2D eigenvalue weighted by Crippen LogP contribution is 2.10. The fourth-order valence-electron chi connectivity index (χ4n) is 1.73. The molecule has 6 heteroatoms. The van der Waals surface area contributed by atoms with Gasteiger partial charge in [0, 0.05) is 18.8 Å². The van der Waals surface area contributed by atoms with E-state index in [0.29, 0.717) is 18.5 Å². The molecule has 2 heterocycles. The minimum absolute atomic E-state index is 0.00214. The number of rotatable bonds is 5. The van der Waals surface area contributed by atoms with Crippen molar-refractivity contribution in [3.05, 3.63) is 35.8 Å². The predicted molar refractivity (Wildman–Crippen MR) is 62.7 cm³/mol. The highest BCUT2D eigenvalue weighted by Gasteiger charge is 2.08. The molecule has 0 saturated carbocycles. The Hall–Kier alpha value is -2.37. The summed E-state index contributed by atoms with van der Waals surface area (Å²) < 4.78 is 1.64. The quantitative estimate of drug-likeness (QED) is 0.835. The number of aryl methyl sites for hydroxylation is 1. The fraction of sp³-hybridized carbons (Fsp3) is 0.250. The molecule has 0 unspecified atom stereocenters. The van der Waals surface area contributed by atoms with E-state index >= 15 is 0 Å². The molecule has 18 heavy (non-hydrogen) atoms. The van der Waals surface area contributed by atoms with Crippen LogP contribution >= 0.6 is 0 Å². The number of hydrogen-bond donors (Lipinski definition) is 2. The lowest BCUT2D eigenvalue weighted by atomic mass is 10.1. The van der Waals surface area contributed by atoms with Gasteiger partial charge in [-0.3, -0.25) is 4.79 Å². The van der Waals surface area contributed by atoms with Crippen molar-refractivity contribution in [2.45, 2.75) is 19.3 Å². The zero-order valence-corrected chi connectivity index (χ0v) is 9.54. The van der Waals surface area contributed by atoms with E-state index in [1.165, 1.54) is 6.20 Å². The van der Waals surface area contributed by atoms with Gasteiger partial charge in [-0.05, 0) is 24.5 Å². The molecule has 2 aromatic rings. The maximum absolute atomic E-state index is 10.8. The third kappa shape index (κ3) is 2.65. The Morgan fingerprint density at radius 3 is 2.67 bits per heavy atom. The van der Waals surface area contributed by atoms with E-state index in [1.807, 2.05) is 6.07 Å². The standard InChI is InChI=1S/C12H12N2O4/c15-11(16)3-1-2-8-4-5-10-13-9(12(17)18)7-14(10)6-8/h4-7H,1-3H2,(H,15,16)(H,17,18). The Morgan fingerprint density at radius 1 is 1.22 bits per heavy atom. The second kappa shape index (κ2) is 4.87. The van der Waals surface area contributed by atoms with Gasteiger partial charge in [0.15, 0.2) is 5.69 Å². The largest absolute Gasteiger partial charge is 0.481 e. The second-order valence-corrected chi connectivity index (χ2v) is 3.98. The average Bonchev–Trinajstić information content (AvgIpc) is 2.71. The van der Waals surface area contributed by atoms with Crippen LogP contribution in [0.25, 0.3) is 5.65 Å². The van der Waals surface area contributed by atoms with Gasteiger partial charge in [0.2, 0.25) is 0 Å². The zero-order chi connectivity index (χ0) is 13.1. The minimum atomic E-state index is -1.06. The molecule has 0 aliphatic rings. The summed E-state index contributed by atoms with van der Waals surface area (Å²) in [5.41, 5.74) is 1.52. The van der Waals surface area contributed by atoms with Gasteiger partial charge in [-0.1, -0.05) is 6.07 Å². The number of aliphatic carboxylic acids is 1. The Labute approximate surface area is 103 Å². The normalized spacial score (nSPS) is 10.7. The van der Waals surface area contributed by atoms with Gasteiger partial charge >= 0.3 is 11.9 Å². The second-order valence-electron chi connectivity index (χ2n) is 3.98. The highest BCUT2D eigenvalue weighted by atomic mass is 16.4. The van der Waals surface area contributed by atoms with Crippen LogP contribution in [0.1, 0.15) is 28.9 Å². The summed E-state index contributed by atoms with van der Waals surface area (Å²) in [7, 11) is 0. The van der Waals surface area contributed by atoms with E-state index in [-0.39, 0.29) is 12.1 Å². The van der Waals surface area contributed by atoms with Gasteiger partial charge < -0.3 is 14.6 Å². The van der Waals surface area contributed by atoms with Gasteiger partial charge in [-0.25, -0.2) is 9.78 Å². The molecule has 0 fully saturated rings. The van der Waals surface area contributed by atoms with E-state index in [2.05, 4.69) is 4.98 Å². The van der Waals surface area contributed by atoms with Crippen LogP contribution in [0.5, 0.6) is 0 Å². The van der Waals surface area contributed by atoms with Gasteiger partial charge in [0.05, 0.1) is 0 Å². The summed E-state index contributed by atoms with van der Waals surface area (Å²) in [5, 5.41) is 17.4. The lowest BCUT2D eigenvalue weighted by Crippen LogP contribution is -1.96. The van der Waals surface area contributed by atoms with Gasteiger partial charge in [-0.15, -0.1) is 0 Å². The number of pyridine rings is 1. The molecule has 2 N–H and O–H groups in total. The predicted octanol–water partition coefficient (Wildman–Crippen LogP) is 1.44. The summed E-state index contributed by atoms with van der Waals surface area (Å²) in [5.74, 6) is -1.88. The van der Waals surface area contributed by atoms with Crippen molar-refractivity contribution in [3.8, 4) is 0 Å². The van der Waals surface area contributed by atoms with E-state index in [4.69, 9.17) is 10.2 Å². The van der Waals surface area contributed by atoms with E-state index < -0.39 is 11.9 Å². The number of hydrogen-bond acceptors (Lipinski definition) is 3. The highest BCUT2D eigenvalue weighted by molar-refractivity contribution is 5.86. The van der Waals surface area contributed by atoms with Gasteiger partial charge in [0.25, 0.3) is 0 Å². The molecule has 0 radical (unpaired) electrons. The molecular formula is C12H12N2O4. The molecule has 0 amide bonds. The van der Waals surface area contributed by atoms with E-state index in [0.717, 1.165) is 5.56 Å². The molecule has 0 aliphatic heterocycles. The average molecular weight is 248 g/mol.